The van der Waals surface area contributed by atoms with E-state index in [1.807, 2.05) is 0 Å². The molecule has 1 atom stereocenters. The van der Waals surface area contributed by atoms with E-state index in [1.54, 1.807) is 24.0 Å². The zero-order valence-electron chi connectivity index (χ0n) is 10.1. The molecule has 18 heavy (non-hydrogen) atoms. The van der Waals surface area contributed by atoms with E-state index in [0.29, 0.717) is 25.9 Å². The molecule has 102 valence electrons. The van der Waals surface area contributed by atoms with Crippen LogP contribution in [0.1, 0.15) is 19.8 Å². The van der Waals surface area contributed by atoms with Gasteiger partial charge in [-0.15, -0.1) is 5.10 Å². The second-order valence-electron chi connectivity index (χ2n) is 3.76. The summed E-state index contributed by atoms with van der Waals surface area (Å²) in [6.07, 6.45) is 4.28. The average Bonchev–Trinajstić information content (AvgIpc) is 2.77. The molecule has 9 heteroatoms. The van der Waals surface area contributed by atoms with Crippen LogP contribution >= 0.6 is 12.2 Å². The van der Waals surface area contributed by atoms with Gasteiger partial charge in [0.1, 0.15) is 5.25 Å². The van der Waals surface area contributed by atoms with Crippen LogP contribution in [0.25, 0.3) is 0 Å². The van der Waals surface area contributed by atoms with Crippen LogP contribution in [0, 0.1) is 0 Å². The van der Waals surface area contributed by atoms with Crippen LogP contribution in [0.5, 0.6) is 0 Å². The molecule has 0 aliphatic carbocycles. The van der Waals surface area contributed by atoms with Gasteiger partial charge in [0.15, 0.2) is 0 Å². The molecule has 1 unspecified atom stereocenters. The molecular formula is C9H17N5O2S2. The molecule has 7 nitrogen and oxygen atoms in total. The van der Waals surface area contributed by atoms with Gasteiger partial charge in [0.2, 0.25) is 10.0 Å². The summed E-state index contributed by atoms with van der Waals surface area (Å²) in [5.74, 6) is 0. The van der Waals surface area contributed by atoms with Crippen LogP contribution in [-0.4, -0.2) is 40.2 Å². The fraction of sp³-hybridized carbons (Fsp3) is 0.667. The van der Waals surface area contributed by atoms with E-state index < -0.39 is 15.3 Å². The first-order valence-electron chi connectivity index (χ1n) is 5.59. The van der Waals surface area contributed by atoms with Gasteiger partial charge in [0, 0.05) is 19.3 Å². The highest BCUT2D eigenvalue weighted by molar-refractivity contribution is 7.93. The molecule has 0 aliphatic rings. The van der Waals surface area contributed by atoms with E-state index >= 15 is 0 Å². The molecule has 3 N–H and O–H groups in total. The standard InChI is InChI=1S/C9H17N5O2S2/c1-2-8(9(10)17)18(15,16)12-4-3-6-14-7-5-11-13-14/h5,7-8,12H,2-4,6H2,1H3,(H2,10,17). The van der Waals surface area contributed by atoms with Crippen LogP contribution in [0.15, 0.2) is 12.4 Å². The van der Waals surface area contributed by atoms with Crippen molar-refractivity contribution < 1.29 is 8.42 Å². The number of nitrogens with one attached hydrogen (secondary N) is 1. The first-order chi connectivity index (χ1) is 8.47. The number of thiocarbonyl (C=S) groups is 1. The lowest BCUT2D eigenvalue weighted by molar-refractivity contribution is 0.539. The summed E-state index contributed by atoms with van der Waals surface area (Å²) >= 11 is 4.74. The first-order valence-corrected chi connectivity index (χ1v) is 7.54. The summed E-state index contributed by atoms with van der Waals surface area (Å²) in [7, 11) is -3.47. The predicted octanol–water partition coefficient (Wildman–Crippen LogP) is -0.348. The number of nitrogens with zero attached hydrogens (tertiary/aromatic N) is 3. The maximum absolute atomic E-state index is 11.9. The maximum atomic E-state index is 11.9. The number of hydrogen-bond donors (Lipinski definition) is 2. The molecule has 1 aromatic rings. The Morgan fingerprint density at radius 3 is 2.83 bits per heavy atom. The Balaban J connectivity index is 2.39. The molecule has 0 aromatic carbocycles. The van der Waals surface area contributed by atoms with E-state index in [1.165, 1.54) is 0 Å². The van der Waals surface area contributed by atoms with Gasteiger partial charge < -0.3 is 5.73 Å². The van der Waals surface area contributed by atoms with Gasteiger partial charge in [0.25, 0.3) is 0 Å². The average molecular weight is 291 g/mol. The molecule has 1 aromatic heterocycles. The summed E-state index contributed by atoms with van der Waals surface area (Å²) in [4.78, 5) is 0.00118. The number of rotatable bonds is 8. The molecule has 0 bridgehead atoms. The number of aryl methyl sites for hydroxylation is 1. The Kier molecular flexibility index (Phi) is 5.63. The van der Waals surface area contributed by atoms with Crippen molar-refractivity contribution in [1.29, 1.82) is 0 Å². The van der Waals surface area contributed by atoms with Gasteiger partial charge in [-0.2, -0.15) is 0 Å². The number of nitrogens with two attached hydrogens (primary N) is 1. The van der Waals surface area contributed by atoms with E-state index in [4.69, 9.17) is 18.0 Å². The molecule has 0 fully saturated rings. The van der Waals surface area contributed by atoms with E-state index in [2.05, 4.69) is 15.0 Å². The summed E-state index contributed by atoms with van der Waals surface area (Å²) in [5.41, 5.74) is 5.40. The van der Waals surface area contributed by atoms with Gasteiger partial charge in [-0.25, -0.2) is 13.1 Å². The lowest BCUT2D eigenvalue weighted by Gasteiger charge is -2.15. The Hall–Kier alpha value is -1.06. The molecule has 0 amide bonds. The van der Waals surface area contributed by atoms with E-state index in [9.17, 15) is 8.42 Å². The Morgan fingerprint density at radius 2 is 2.33 bits per heavy atom. The minimum Gasteiger partial charge on any atom is -0.392 e. The van der Waals surface area contributed by atoms with Gasteiger partial charge in [-0.05, 0) is 12.8 Å². The lowest BCUT2D eigenvalue weighted by Crippen LogP contribution is -2.42. The molecule has 0 saturated heterocycles. The molecule has 0 aliphatic heterocycles. The molecule has 0 saturated carbocycles. The third-order valence-corrected chi connectivity index (χ3v) is 4.78. The van der Waals surface area contributed by atoms with Gasteiger partial charge in [0.05, 0.1) is 11.2 Å². The van der Waals surface area contributed by atoms with Crippen molar-refractivity contribution in [1.82, 2.24) is 19.7 Å². The van der Waals surface area contributed by atoms with E-state index in [-0.39, 0.29) is 4.99 Å². The highest BCUT2D eigenvalue weighted by atomic mass is 32.2. The molecular weight excluding hydrogens is 274 g/mol. The monoisotopic (exact) mass is 291 g/mol. The van der Waals surface area contributed by atoms with Crippen molar-refractivity contribution in [2.24, 2.45) is 5.73 Å². The normalized spacial score (nSPS) is 13.4. The zero-order valence-corrected chi connectivity index (χ0v) is 11.7. The lowest BCUT2D eigenvalue weighted by atomic mass is 10.3. The Bertz CT molecular complexity index is 471. The molecule has 1 rings (SSSR count). The second-order valence-corrected chi connectivity index (χ2v) is 6.18. The minimum atomic E-state index is -3.47. The number of sulfonamides is 1. The zero-order chi connectivity index (χ0) is 13.6. The van der Waals surface area contributed by atoms with Crippen molar-refractivity contribution in [3.05, 3.63) is 12.4 Å². The third kappa shape index (κ3) is 4.31. The van der Waals surface area contributed by atoms with Gasteiger partial charge in [-0.1, -0.05) is 24.4 Å². The molecule has 0 radical (unpaired) electrons. The van der Waals surface area contributed by atoms with Crippen LogP contribution in [0.2, 0.25) is 0 Å². The summed E-state index contributed by atoms with van der Waals surface area (Å²) in [6.45, 7) is 2.66. The summed E-state index contributed by atoms with van der Waals surface area (Å²) < 4.78 is 27.8. The predicted molar refractivity (Wildman–Crippen MR) is 72.4 cm³/mol. The van der Waals surface area contributed by atoms with Crippen molar-refractivity contribution in [3.63, 3.8) is 0 Å². The summed E-state index contributed by atoms with van der Waals surface area (Å²) in [5, 5.41) is 6.63. The molecule has 0 spiro atoms. The number of hydrogen-bond acceptors (Lipinski definition) is 5. The van der Waals surface area contributed by atoms with Crippen LogP contribution < -0.4 is 10.5 Å². The third-order valence-electron chi connectivity index (χ3n) is 2.40. The van der Waals surface area contributed by atoms with Crippen LogP contribution in [-0.2, 0) is 16.6 Å². The quantitative estimate of drug-likeness (QED) is 0.501. The van der Waals surface area contributed by atoms with Crippen LogP contribution in [0.3, 0.4) is 0 Å². The Labute approximate surface area is 112 Å². The maximum Gasteiger partial charge on any atom is 0.221 e. The van der Waals surface area contributed by atoms with Crippen molar-refractivity contribution >= 4 is 27.2 Å². The minimum absolute atomic E-state index is 0.00118. The molecule has 1 heterocycles. The first kappa shape index (κ1) is 15.0. The van der Waals surface area contributed by atoms with Gasteiger partial charge >= 0.3 is 0 Å². The van der Waals surface area contributed by atoms with Crippen molar-refractivity contribution in [3.8, 4) is 0 Å². The fourth-order valence-corrected chi connectivity index (χ4v) is 3.40. The largest absolute Gasteiger partial charge is 0.392 e. The topological polar surface area (TPSA) is 103 Å². The second kappa shape index (κ2) is 6.76. The highest BCUT2D eigenvalue weighted by Gasteiger charge is 2.25. The highest BCUT2D eigenvalue weighted by Crippen LogP contribution is 2.04. The Morgan fingerprint density at radius 1 is 1.61 bits per heavy atom. The smallest absolute Gasteiger partial charge is 0.221 e. The van der Waals surface area contributed by atoms with Crippen LogP contribution in [0.4, 0.5) is 0 Å². The number of aromatic nitrogens is 3. The van der Waals surface area contributed by atoms with Gasteiger partial charge in [-0.3, -0.25) is 4.68 Å². The van der Waals surface area contributed by atoms with E-state index in [0.717, 1.165) is 0 Å². The summed E-state index contributed by atoms with van der Waals surface area (Å²) in [6, 6.07) is 0. The SMILES string of the molecule is CCC(C(N)=S)S(=O)(=O)NCCCn1ccnn1. The fourth-order valence-electron chi connectivity index (χ4n) is 1.48. The van der Waals surface area contributed by atoms with Crippen molar-refractivity contribution in [2.75, 3.05) is 6.54 Å². The van der Waals surface area contributed by atoms with Crippen molar-refractivity contribution in [2.45, 2.75) is 31.6 Å².